The zero-order chi connectivity index (χ0) is 41.4. The number of allylic oxidation sites excluding steroid dienone is 12. The largest absolute Gasteiger partial charge is 0.309 e. The molecule has 2 aliphatic carbocycles. The topological polar surface area (TPSA) is 43.6 Å². The third kappa shape index (κ3) is 8.53. The predicted octanol–water partition coefficient (Wildman–Crippen LogP) is 15.2. The quantitative estimate of drug-likeness (QED) is 0.144. The molecule has 8 aromatic rings. The lowest BCUT2D eigenvalue weighted by molar-refractivity contribution is 1.01. The lowest BCUT2D eigenvalue weighted by Gasteiger charge is -2.12. The molecule has 0 aliphatic heterocycles. The van der Waals surface area contributed by atoms with Gasteiger partial charge in [-0.15, -0.1) is 0 Å². The zero-order valence-electron chi connectivity index (χ0n) is 34.7. The number of hydrogen-bond donors (Lipinski definition) is 0. The van der Waals surface area contributed by atoms with Crippen LogP contribution in [0.4, 0.5) is 0 Å². The summed E-state index contributed by atoms with van der Waals surface area (Å²) < 4.78 is 2.40. The fourth-order valence-corrected chi connectivity index (χ4v) is 8.14. The van der Waals surface area contributed by atoms with Crippen LogP contribution >= 0.6 is 0 Å². The summed E-state index contributed by atoms with van der Waals surface area (Å²) in [5.41, 5.74) is 14.0. The Labute approximate surface area is 359 Å². The summed E-state index contributed by atoms with van der Waals surface area (Å²) >= 11 is 0. The van der Waals surface area contributed by atoms with Crippen molar-refractivity contribution >= 4 is 33.0 Å². The van der Waals surface area contributed by atoms with Crippen LogP contribution in [0.3, 0.4) is 0 Å². The predicted molar refractivity (Wildman–Crippen MR) is 258 cm³/mol. The summed E-state index contributed by atoms with van der Waals surface area (Å²) in [6.45, 7) is 4.00. The number of rotatable bonds is 8. The fourth-order valence-electron chi connectivity index (χ4n) is 8.14. The Kier molecular flexibility index (Phi) is 11.7. The highest BCUT2D eigenvalue weighted by Crippen LogP contribution is 2.37. The van der Waals surface area contributed by atoms with Crippen LogP contribution in [-0.4, -0.2) is 19.5 Å². The van der Waals surface area contributed by atoms with Crippen LogP contribution in [0.2, 0.25) is 0 Å². The van der Waals surface area contributed by atoms with Gasteiger partial charge in [0, 0.05) is 33.2 Å². The Morgan fingerprint density at radius 2 is 1.08 bits per heavy atom. The molecular weight excluding hydrogens is 741 g/mol. The SMILES string of the molecule is C/C=C\C=C/C.C1=CCCC(c2cccc(-c3ccc4c5ccccc5n(-c5ccc(-c6ccc(-c7nc(C8=CCCC=C8)nc(-c8ccccc8)n7)cc6)cc5)c4c3)c2)=C1. The first kappa shape index (κ1) is 39.1. The van der Waals surface area contributed by atoms with Crippen LogP contribution in [0.15, 0.2) is 206 Å². The lowest BCUT2D eigenvalue weighted by atomic mass is 9.94. The molecule has 0 unspecified atom stereocenters. The van der Waals surface area contributed by atoms with Gasteiger partial charge in [-0.1, -0.05) is 176 Å². The Morgan fingerprint density at radius 3 is 1.79 bits per heavy atom. The van der Waals surface area contributed by atoms with E-state index in [0.29, 0.717) is 17.5 Å². The van der Waals surface area contributed by atoms with Crippen molar-refractivity contribution in [1.29, 1.82) is 0 Å². The van der Waals surface area contributed by atoms with Gasteiger partial charge in [-0.25, -0.2) is 15.0 Å². The summed E-state index contributed by atoms with van der Waals surface area (Å²) in [5, 5.41) is 2.51. The second kappa shape index (κ2) is 18.2. The first-order chi connectivity index (χ1) is 30.2. The van der Waals surface area contributed by atoms with Crippen molar-refractivity contribution in [3.05, 3.63) is 218 Å². The van der Waals surface area contributed by atoms with Gasteiger partial charge in [0.15, 0.2) is 17.5 Å². The van der Waals surface area contributed by atoms with E-state index in [0.717, 1.165) is 59.2 Å². The van der Waals surface area contributed by atoms with E-state index in [-0.39, 0.29) is 0 Å². The van der Waals surface area contributed by atoms with Crippen LogP contribution in [0.1, 0.15) is 50.9 Å². The van der Waals surface area contributed by atoms with Gasteiger partial charge < -0.3 is 4.57 Å². The molecule has 0 fully saturated rings. The number of benzene rings is 6. The molecule has 0 saturated heterocycles. The molecule has 6 aromatic carbocycles. The number of para-hydroxylation sites is 1. The number of fused-ring (bicyclic) bond motifs is 3. The molecule has 0 N–H and O–H groups in total. The molecule has 4 heteroatoms. The van der Waals surface area contributed by atoms with E-state index in [1.165, 1.54) is 44.1 Å². The first-order valence-corrected chi connectivity index (χ1v) is 21.3. The van der Waals surface area contributed by atoms with Crippen LogP contribution in [0.5, 0.6) is 0 Å². The zero-order valence-corrected chi connectivity index (χ0v) is 34.7. The van der Waals surface area contributed by atoms with Gasteiger partial charge in [-0.05, 0) is 103 Å². The van der Waals surface area contributed by atoms with Gasteiger partial charge in [0.2, 0.25) is 0 Å². The number of aromatic nitrogens is 4. The maximum Gasteiger partial charge on any atom is 0.164 e. The van der Waals surface area contributed by atoms with Crippen molar-refractivity contribution in [2.45, 2.75) is 39.5 Å². The summed E-state index contributed by atoms with van der Waals surface area (Å²) in [6, 6.07) is 52.2. The van der Waals surface area contributed by atoms with Crippen LogP contribution in [-0.2, 0) is 0 Å². The van der Waals surface area contributed by atoms with Gasteiger partial charge in [0.1, 0.15) is 0 Å². The third-order valence-corrected chi connectivity index (χ3v) is 11.3. The average Bonchev–Trinajstić information content (AvgIpc) is 3.68. The highest BCUT2D eigenvalue weighted by Gasteiger charge is 2.16. The Hall–Kier alpha value is -7.43. The van der Waals surface area contributed by atoms with E-state index in [4.69, 9.17) is 15.0 Å². The van der Waals surface area contributed by atoms with Gasteiger partial charge in [-0.2, -0.15) is 0 Å². The molecule has 0 bridgehead atoms. The van der Waals surface area contributed by atoms with E-state index in [1.54, 1.807) is 0 Å². The van der Waals surface area contributed by atoms with Gasteiger partial charge in [0.05, 0.1) is 11.0 Å². The molecule has 0 atom stereocenters. The highest BCUT2D eigenvalue weighted by atomic mass is 15.0. The highest BCUT2D eigenvalue weighted by molar-refractivity contribution is 6.10. The normalized spacial score (nSPS) is 13.7. The van der Waals surface area contributed by atoms with E-state index in [2.05, 4.69) is 156 Å². The van der Waals surface area contributed by atoms with Gasteiger partial charge in [-0.3, -0.25) is 0 Å². The molecule has 2 heterocycles. The molecule has 61 heavy (non-hydrogen) atoms. The molecule has 2 aliphatic rings. The minimum atomic E-state index is 0.673. The van der Waals surface area contributed by atoms with Crippen molar-refractivity contribution in [2.24, 2.45) is 0 Å². The minimum absolute atomic E-state index is 0.673. The summed E-state index contributed by atoms with van der Waals surface area (Å²) in [7, 11) is 0. The third-order valence-electron chi connectivity index (χ3n) is 11.3. The Bertz CT molecular complexity index is 3000. The van der Waals surface area contributed by atoms with Gasteiger partial charge in [0.25, 0.3) is 0 Å². The second-order valence-corrected chi connectivity index (χ2v) is 15.3. The standard InChI is InChI=1S/C51H38N4.C6H10/c1-4-13-35(14-5-1)41-19-12-20-42(33-41)43-29-32-46-45-21-10-11-22-47(45)55(48(46)34-43)44-30-27-37(28-31-44)36-23-25-40(26-24-36)51-53-49(38-15-6-2-7-16-38)52-50(54-51)39-17-8-3-9-18-39;1-3-5-6-4-2/h1-2,4,6-8,10-13,15-34H,3,5,9,14H2;3-6H,1-2H3/b;5-3-,6-4-. The van der Waals surface area contributed by atoms with Crippen LogP contribution in [0.25, 0.3) is 83.7 Å². The molecule has 0 radical (unpaired) electrons. The first-order valence-electron chi connectivity index (χ1n) is 21.3. The fraction of sp³-hybridized carbons (Fsp3) is 0.105. The summed E-state index contributed by atoms with van der Waals surface area (Å²) in [4.78, 5) is 14.8. The molecule has 0 amide bonds. The van der Waals surface area contributed by atoms with Crippen LogP contribution < -0.4 is 0 Å². The maximum atomic E-state index is 4.95. The molecular formula is C57H48N4. The van der Waals surface area contributed by atoms with Crippen LogP contribution in [0, 0.1) is 0 Å². The van der Waals surface area contributed by atoms with E-state index < -0.39 is 0 Å². The molecule has 0 saturated carbocycles. The monoisotopic (exact) mass is 788 g/mol. The van der Waals surface area contributed by atoms with Gasteiger partial charge >= 0.3 is 0 Å². The van der Waals surface area contributed by atoms with Crippen molar-refractivity contribution in [3.8, 4) is 50.7 Å². The van der Waals surface area contributed by atoms with E-state index in [1.807, 2.05) is 68.5 Å². The Morgan fingerprint density at radius 1 is 0.475 bits per heavy atom. The minimum Gasteiger partial charge on any atom is -0.309 e. The smallest absolute Gasteiger partial charge is 0.164 e. The van der Waals surface area contributed by atoms with Crippen molar-refractivity contribution in [2.75, 3.05) is 0 Å². The molecule has 0 spiro atoms. The van der Waals surface area contributed by atoms with E-state index >= 15 is 0 Å². The molecule has 2 aromatic heterocycles. The molecule has 4 nitrogen and oxygen atoms in total. The summed E-state index contributed by atoms with van der Waals surface area (Å²) in [5.74, 6) is 2.06. The molecule has 10 rings (SSSR count). The van der Waals surface area contributed by atoms with E-state index in [9.17, 15) is 0 Å². The molecule has 296 valence electrons. The Balaban J connectivity index is 0.000000742. The second-order valence-electron chi connectivity index (χ2n) is 15.3. The average molecular weight is 789 g/mol. The summed E-state index contributed by atoms with van der Waals surface area (Å²) in [6.07, 6.45) is 25.4. The maximum absolute atomic E-state index is 4.95. The lowest BCUT2D eigenvalue weighted by Crippen LogP contribution is -2.03. The van der Waals surface area contributed by atoms with Crippen molar-refractivity contribution < 1.29 is 0 Å². The van der Waals surface area contributed by atoms with Crippen molar-refractivity contribution in [1.82, 2.24) is 19.5 Å². The number of hydrogen-bond acceptors (Lipinski definition) is 3. The number of nitrogens with zero attached hydrogens (tertiary/aromatic N) is 4. The van der Waals surface area contributed by atoms with Crippen molar-refractivity contribution in [3.63, 3.8) is 0 Å².